The molecule has 5 nitrogen and oxygen atoms in total. The summed E-state index contributed by atoms with van der Waals surface area (Å²) in [4.78, 5) is 12.5. The van der Waals surface area contributed by atoms with Crippen molar-refractivity contribution < 1.29 is 19.1 Å². The van der Waals surface area contributed by atoms with Crippen molar-refractivity contribution in [2.45, 2.75) is 0 Å². The predicted octanol–water partition coefficient (Wildman–Crippen LogP) is 5.75. The standard InChI is InChI=1S/C25H17NO4.ClH/c1-29-25(28)17-7-3-2-6-16(17)23-18-12-10-15(26)13-21(18)30-24-19(23)11-9-14-5-4-8-20(27)22(14)24;/h2-13,26-27H,1H3;1H. The Kier molecular flexibility index (Phi) is 5.13. The smallest absolute Gasteiger partial charge is 0.338 e. The molecule has 1 aliphatic carbocycles. The summed E-state index contributed by atoms with van der Waals surface area (Å²) in [5.41, 5.74) is 3.18. The number of rotatable bonds is 2. The largest absolute Gasteiger partial charge is 0.507 e. The molecule has 31 heavy (non-hydrogen) atoms. The van der Waals surface area contributed by atoms with E-state index in [0.717, 1.165) is 21.9 Å². The highest BCUT2D eigenvalue weighted by molar-refractivity contribution is 6.15. The van der Waals surface area contributed by atoms with Gasteiger partial charge < -0.3 is 19.7 Å². The zero-order valence-electron chi connectivity index (χ0n) is 16.5. The van der Waals surface area contributed by atoms with E-state index in [4.69, 9.17) is 14.6 Å². The lowest BCUT2D eigenvalue weighted by Crippen LogP contribution is -2.05. The Bertz CT molecular complexity index is 1490. The molecule has 2 aliphatic rings. The number of esters is 1. The Morgan fingerprint density at radius 3 is 2.58 bits per heavy atom. The second kappa shape index (κ2) is 7.78. The van der Waals surface area contributed by atoms with E-state index < -0.39 is 5.97 Å². The summed E-state index contributed by atoms with van der Waals surface area (Å²) in [5.74, 6) is 0.171. The van der Waals surface area contributed by atoms with Crippen molar-refractivity contribution in [2.75, 3.05) is 7.11 Å². The fraction of sp³-hybridized carbons (Fsp3) is 0.0400. The van der Waals surface area contributed by atoms with Crippen LogP contribution in [-0.4, -0.2) is 18.2 Å². The van der Waals surface area contributed by atoms with E-state index in [1.165, 1.54) is 7.11 Å². The van der Waals surface area contributed by atoms with Gasteiger partial charge in [0.25, 0.3) is 0 Å². The van der Waals surface area contributed by atoms with Gasteiger partial charge in [0.1, 0.15) is 17.1 Å². The van der Waals surface area contributed by atoms with Crippen molar-refractivity contribution in [3.63, 3.8) is 0 Å². The van der Waals surface area contributed by atoms with Crippen molar-refractivity contribution in [1.29, 1.82) is 5.41 Å². The van der Waals surface area contributed by atoms with Crippen LogP contribution < -0.4 is 5.36 Å². The van der Waals surface area contributed by atoms with Gasteiger partial charge in [0.2, 0.25) is 0 Å². The maximum Gasteiger partial charge on any atom is 0.338 e. The van der Waals surface area contributed by atoms with Crippen LogP contribution in [0.25, 0.3) is 44.2 Å². The molecule has 5 rings (SSSR count). The number of methoxy groups -OCH3 is 1. The number of phenolic OH excluding ortho intramolecular Hbond substituents is 1. The maximum absolute atomic E-state index is 12.5. The Balaban J connectivity index is 0.00000231. The van der Waals surface area contributed by atoms with Crippen LogP contribution in [-0.2, 0) is 4.74 Å². The number of hydrogen-bond donors (Lipinski definition) is 2. The van der Waals surface area contributed by atoms with Crippen molar-refractivity contribution >= 4 is 40.1 Å². The molecule has 3 aromatic carbocycles. The molecular weight excluding hydrogens is 414 g/mol. The fourth-order valence-electron chi connectivity index (χ4n) is 3.98. The van der Waals surface area contributed by atoms with E-state index in [1.54, 1.807) is 36.4 Å². The summed E-state index contributed by atoms with van der Waals surface area (Å²) in [6.07, 6.45) is 0. The summed E-state index contributed by atoms with van der Waals surface area (Å²) < 4.78 is 11.2. The quantitative estimate of drug-likeness (QED) is 0.212. The third-order valence-corrected chi connectivity index (χ3v) is 5.31. The molecule has 0 spiro atoms. The average molecular weight is 432 g/mol. The highest BCUT2D eigenvalue weighted by Gasteiger charge is 2.23. The summed E-state index contributed by atoms with van der Waals surface area (Å²) in [6.45, 7) is 0. The summed E-state index contributed by atoms with van der Waals surface area (Å²) in [5, 5.41) is 21.1. The molecule has 1 aliphatic heterocycles. The summed E-state index contributed by atoms with van der Waals surface area (Å²) in [6, 6.07) is 21.5. The van der Waals surface area contributed by atoms with Gasteiger partial charge in [-0.25, -0.2) is 4.79 Å². The molecule has 0 bridgehead atoms. The fourth-order valence-corrected chi connectivity index (χ4v) is 3.98. The molecule has 0 unspecified atom stereocenters. The predicted molar refractivity (Wildman–Crippen MR) is 122 cm³/mol. The van der Waals surface area contributed by atoms with Crippen LogP contribution in [0.5, 0.6) is 5.75 Å². The van der Waals surface area contributed by atoms with Crippen LogP contribution in [0.15, 0.2) is 77.2 Å². The van der Waals surface area contributed by atoms with E-state index in [2.05, 4.69) is 0 Å². The first kappa shape index (κ1) is 20.4. The van der Waals surface area contributed by atoms with Crippen molar-refractivity contribution in [3.8, 4) is 28.2 Å². The highest BCUT2D eigenvalue weighted by atomic mass is 35.5. The molecule has 0 saturated heterocycles. The minimum Gasteiger partial charge on any atom is -0.507 e. The molecule has 0 aromatic heterocycles. The third kappa shape index (κ3) is 3.20. The van der Waals surface area contributed by atoms with Crippen LogP contribution in [0.1, 0.15) is 10.4 Å². The number of nitrogens with one attached hydrogen (secondary N) is 1. The first-order chi connectivity index (χ1) is 14.6. The number of carbonyl (C=O) groups is 1. The van der Waals surface area contributed by atoms with Gasteiger partial charge in [-0.05, 0) is 41.3 Å². The lowest BCUT2D eigenvalue weighted by Gasteiger charge is -2.18. The van der Waals surface area contributed by atoms with E-state index in [9.17, 15) is 9.90 Å². The van der Waals surface area contributed by atoms with Crippen molar-refractivity contribution in [2.24, 2.45) is 0 Å². The van der Waals surface area contributed by atoms with Crippen molar-refractivity contribution in [1.82, 2.24) is 0 Å². The van der Waals surface area contributed by atoms with Crippen LogP contribution in [0, 0.1) is 5.41 Å². The number of halogens is 1. The zero-order valence-corrected chi connectivity index (χ0v) is 17.3. The number of phenols is 1. The lowest BCUT2D eigenvalue weighted by atomic mass is 9.89. The van der Waals surface area contributed by atoms with Gasteiger partial charge in [-0.3, -0.25) is 0 Å². The molecule has 0 amide bonds. The second-order valence-corrected chi connectivity index (χ2v) is 7.04. The number of carbonyl (C=O) groups excluding carboxylic acids is 1. The van der Waals surface area contributed by atoms with Crippen LogP contribution in [0.2, 0.25) is 0 Å². The molecule has 6 heteroatoms. The molecule has 0 saturated carbocycles. The number of aromatic hydroxyl groups is 1. The number of ether oxygens (including phenoxy) is 1. The first-order valence-corrected chi connectivity index (χ1v) is 9.42. The Hall–Kier alpha value is -3.83. The monoisotopic (exact) mass is 431 g/mol. The molecule has 154 valence electrons. The van der Waals surface area contributed by atoms with E-state index >= 15 is 0 Å². The normalized spacial score (nSPS) is 10.9. The molecule has 1 heterocycles. The van der Waals surface area contributed by atoms with E-state index in [1.807, 2.05) is 36.4 Å². The van der Waals surface area contributed by atoms with Gasteiger partial charge in [0.15, 0.2) is 0 Å². The van der Waals surface area contributed by atoms with Gasteiger partial charge in [-0.2, -0.15) is 0 Å². The molecular formula is C25H18ClNO4. The molecule has 0 radical (unpaired) electrons. The minimum absolute atomic E-state index is 0. The molecule has 3 aromatic rings. The molecule has 0 fully saturated rings. The zero-order chi connectivity index (χ0) is 20.8. The number of fused-ring (bicyclic) bond motifs is 4. The number of benzene rings is 4. The third-order valence-electron chi connectivity index (χ3n) is 5.31. The van der Waals surface area contributed by atoms with Gasteiger partial charge in [-0.15, -0.1) is 12.4 Å². The average Bonchev–Trinajstić information content (AvgIpc) is 2.76. The van der Waals surface area contributed by atoms with Crippen molar-refractivity contribution in [3.05, 3.63) is 83.7 Å². The Labute approximate surface area is 183 Å². The Morgan fingerprint density at radius 2 is 1.77 bits per heavy atom. The topological polar surface area (TPSA) is 83.5 Å². The van der Waals surface area contributed by atoms with E-state index in [0.29, 0.717) is 33.2 Å². The second-order valence-electron chi connectivity index (χ2n) is 7.04. The molecule has 2 N–H and O–H groups in total. The highest BCUT2D eigenvalue weighted by Crippen LogP contribution is 2.44. The van der Waals surface area contributed by atoms with Crippen LogP contribution >= 0.6 is 12.4 Å². The van der Waals surface area contributed by atoms with Gasteiger partial charge in [0.05, 0.1) is 23.4 Å². The van der Waals surface area contributed by atoms with Gasteiger partial charge >= 0.3 is 5.97 Å². The summed E-state index contributed by atoms with van der Waals surface area (Å²) >= 11 is 0. The SMILES string of the molecule is COC(=O)c1ccccc1-c1c2ccc(=N)cc-2oc2c1ccc1cccc(O)c12.Cl. The molecule has 0 atom stereocenters. The maximum atomic E-state index is 12.5. The van der Waals surface area contributed by atoms with Crippen LogP contribution in [0.4, 0.5) is 0 Å². The van der Waals surface area contributed by atoms with Gasteiger partial charge in [0, 0.05) is 22.6 Å². The Morgan fingerprint density at radius 1 is 0.968 bits per heavy atom. The first-order valence-electron chi connectivity index (χ1n) is 9.42. The van der Waals surface area contributed by atoms with Crippen LogP contribution in [0.3, 0.4) is 0 Å². The number of hydrogen-bond acceptors (Lipinski definition) is 5. The minimum atomic E-state index is -0.437. The van der Waals surface area contributed by atoms with Gasteiger partial charge in [-0.1, -0.05) is 36.4 Å². The summed E-state index contributed by atoms with van der Waals surface area (Å²) in [7, 11) is 1.35. The lowest BCUT2D eigenvalue weighted by molar-refractivity contribution is 0.0601. The van der Waals surface area contributed by atoms with E-state index in [-0.39, 0.29) is 18.2 Å².